The van der Waals surface area contributed by atoms with Gasteiger partial charge in [0.15, 0.2) is 6.10 Å². The minimum Gasteiger partial charge on any atom is -0.481 e. The number of carbonyl (C=O) groups is 1. The van der Waals surface area contributed by atoms with E-state index in [4.69, 9.17) is 9.88 Å². The molecule has 0 aliphatic rings. The molecule has 0 bridgehead atoms. The maximum atomic E-state index is 12.1. The maximum Gasteiger partial charge on any atom is 0.265 e. The average molecular weight is 334 g/mol. The lowest BCUT2D eigenvalue weighted by atomic mass is 10.2. The number of nitrogens with two attached hydrogens (primary N) is 1. The molecule has 1 amide bonds. The predicted molar refractivity (Wildman–Crippen MR) is 87.7 cm³/mol. The van der Waals surface area contributed by atoms with Crippen molar-refractivity contribution in [3.8, 4) is 5.75 Å². The summed E-state index contributed by atoms with van der Waals surface area (Å²) < 4.78 is 28.2. The van der Waals surface area contributed by atoms with Crippen LogP contribution in [-0.4, -0.2) is 20.4 Å². The van der Waals surface area contributed by atoms with Gasteiger partial charge in [0.1, 0.15) is 5.75 Å². The highest BCUT2D eigenvalue weighted by Crippen LogP contribution is 2.17. The van der Waals surface area contributed by atoms with Gasteiger partial charge in [0, 0.05) is 5.69 Å². The van der Waals surface area contributed by atoms with E-state index in [2.05, 4.69) is 5.32 Å². The standard InChI is InChI=1S/C16H18N2O4S/c1-11-5-3-7-14(9-11)22-12(2)16(19)18-13-6-4-8-15(10-13)23(17,20)21/h3-10,12H,1-2H3,(H,18,19)(H2,17,20,21)/t12-/m1/s1. The van der Waals surface area contributed by atoms with E-state index in [1.165, 1.54) is 18.2 Å². The average Bonchev–Trinajstić information content (AvgIpc) is 2.46. The van der Waals surface area contributed by atoms with Crippen molar-refractivity contribution in [1.29, 1.82) is 0 Å². The zero-order valence-electron chi connectivity index (χ0n) is 12.8. The summed E-state index contributed by atoms with van der Waals surface area (Å²) in [5, 5.41) is 7.67. The van der Waals surface area contributed by atoms with Gasteiger partial charge in [-0.3, -0.25) is 4.79 Å². The van der Waals surface area contributed by atoms with Crippen LogP contribution in [0.2, 0.25) is 0 Å². The van der Waals surface area contributed by atoms with Crippen LogP contribution in [0.4, 0.5) is 5.69 Å². The minimum absolute atomic E-state index is 0.0671. The van der Waals surface area contributed by atoms with Gasteiger partial charge >= 0.3 is 0 Å². The van der Waals surface area contributed by atoms with Gasteiger partial charge < -0.3 is 10.1 Å². The van der Waals surface area contributed by atoms with Gasteiger partial charge in [-0.25, -0.2) is 13.6 Å². The summed E-state index contributed by atoms with van der Waals surface area (Å²) in [6.07, 6.45) is -0.741. The third-order valence-corrected chi connectivity index (χ3v) is 4.01. The van der Waals surface area contributed by atoms with Crippen molar-refractivity contribution in [2.45, 2.75) is 24.8 Å². The van der Waals surface area contributed by atoms with E-state index in [-0.39, 0.29) is 4.90 Å². The molecule has 0 heterocycles. The van der Waals surface area contributed by atoms with Crippen LogP contribution >= 0.6 is 0 Å². The molecule has 3 N–H and O–H groups in total. The molecule has 0 aromatic heterocycles. The van der Waals surface area contributed by atoms with E-state index in [0.717, 1.165) is 5.56 Å². The molecule has 2 aromatic carbocycles. The SMILES string of the molecule is Cc1cccc(O[C@H](C)C(=O)Nc2cccc(S(N)(=O)=O)c2)c1. The molecule has 0 aliphatic carbocycles. The first-order valence-corrected chi connectivity index (χ1v) is 8.47. The highest BCUT2D eigenvalue weighted by atomic mass is 32.2. The van der Waals surface area contributed by atoms with Crippen LogP contribution in [0.25, 0.3) is 0 Å². The van der Waals surface area contributed by atoms with Crippen molar-refractivity contribution in [2.24, 2.45) is 5.14 Å². The molecular weight excluding hydrogens is 316 g/mol. The van der Waals surface area contributed by atoms with Crippen LogP contribution in [0.5, 0.6) is 5.75 Å². The molecule has 1 atom stereocenters. The summed E-state index contributed by atoms with van der Waals surface area (Å²) in [6, 6.07) is 13.1. The summed E-state index contributed by atoms with van der Waals surface area (Å²) in [5.41, 5.74) is 1.36. The fraction of sp³-hybridized carbons (Fsp3) is 0.188. The fourth-order valence-electron chi connectivity index (χ4n) is 1.94. The zero-order valence-corrected chi connectivity index (χ0v) is 13.6. The van der Waals surface area contributed by atoms with E-state index in [9.17, 15) is 13.2 Å². The molecule has 6 nitrogen and oxygen atoms in total. The number of carbonyl (C=O) groups excluding carboxylic acids is 1. The Bertz CT molecular complexity index is 818. The maximum absolute atomic E-state index is 12.1. The van der Waals surface area contributed by atoms with Gasteiger partial charge in [-0.15, -0.1) is 0 Å². The number of nitrogens with one attached hydrogen (secondary N) is 1. The Morgan fingerprint density at radius 2 is 1.87 bits per heavy atom. The van der Waals surface area contributed by atoms with Crippen LogP contribution < -0.4 is 15.2 Å². The molecule has 0 aliphatic heterocycles. The summed E-state index contributed by atoms with van der Waals surface area (Å²) in [5.74, 6) is 0.198. The third kappa shape index (κ3) is 4.80. The summed E-state index contributed by atoms with van der Waals surface area (Å²) in [7, 11) is -3.82. The third-order valence-electron chi connectivity index (χ3n) is 3.10. The number of aryl methyl sites for hydroxylation is 1. The van der Waals surface area contributed by atoms with Crippen LogP contribution in [-0.2, 0) is 14.8 Å². The Labute approximate surface area is 135 Å². The van der Waals surface area contributed by atoms with Crippen molar-refractivity contribution in [2.75, 3.05) is 5.32 Å². The van der Waals surface area contributed by atoms with E-state index >= 15 is 0 Å². The molecule has 2 rings (SSSR count). The molecule has 23 heavy (non-hydrogen) atoms. The van der Waals surface area contributed by atoms with Gasteiger partial charge in [0.25, 0.3) is 5.91 Å². The fourth-order valence-corrected chi connectivity index (χ4v) is 2.50. The highest BCUT2D eigenvalue weighted by molar-refractivity contribution is 7.89. The summed E-state index contributed by atoms with van der Waals surface area (Å²) >= 11 is 0. The second-order valence-electron chi connectivity index (χ2n) is 5.14. The first-order valence-electron chi connectivity index (χ1n) is 6.93. The molecule has 7 heteroatoms. The number of primary sulfonamides is 1. The monoisotopic (exact) mass is 334 g/mol. The number of hydrogen-bond donors (Lipinski definition) is 2. The molecule has 2 aromatic rings. The van der Waals surface area contributed by atoms with Crippen LogP contribution in [0.3, 0.4) is 0 Å². The first-order chi connectivity index (χ1) is 10.8. The summed E-state index contributed by atoms with van der Waals surface area (Å²) in [6.45, 7) is 3.54. The van der Waals surface area contributed by atoms with Gasteiger partial charge in [0.2, 0.25) is 10.0 Å². The van der Waals surface area contributed by atoms with Gasteiger partial charge in [-0.1, -0.05) is 18.2 Å². The van der Waals surface area contributed by atoms with Crippen molar-refractivity contribution in [3.05, 3.63) is 54.1 Å². The lowest BCUT2D eigenvalue weighted by Crippen LogP contribution is -2.30. The molecule has 0 radical (unpaired) electrons. The lowest BCUT2D eigenvalue weighted by Gasteiger charge is -2.15. The topological polar surface area (TPSA) is 98.5 Å². The van der Waals surface area contributed by atoms with Gasteiger partial charge in [0.05, 0.1) is 4.90 Å². The van der Waals surface area contributed by atoms with Gasteiger partial charge in [-0.2, -0.15) is 0 Å². The first kappa shape index (κ1) is 17.0. The number of amides is 1. The number of ether oxygens (including phenoxy) is 1. The highest BCUT2D eigenvalue weighted by Gasteiger charge is 2.16. The van der Waals surface area contributed by atoms with E-state index < -0.39 is 22.0 Å². The molecule has 0 spiro atoms. The number of anilines is 1. The Balaban J connectivity index is 2.07. The van der Waals surface area contributed by atoms with Crippen LogP contribution in [0.15, 0.2) is 53.4 Å². The van der Waals surface area contributed by atoms with Crippen molar-refractivity contribution in [1.82, 2.24) is 0 Å². The molecular formula is C16H18N2O4S. The lowest BCUT2D eigenvalue weighted by molar-refractivity contribution is -0.122. The second-order valence-corrected chi connectivity index (χ2v) is 6.70. The largest absolute Gasteiger partial charge is 0.481 e. The Hall–Kier alpha value is -2.38. The summed E-state index contributed by atoms with van der Waals surface area (Å²) in [4.78, 5) is 12.1. The predicted octanol–water partition coefficient (Wildman–Crippen LogP) is 2.05. The molecule has 0 fully saturated rings. The minimum atomic E-state index is -3.82. The van der Waals surface area contributed by atoms with E-state index in [1.807, 2.05) is 25.1 Å². The van der Waals surface area contributed by atoms with E-state index in [0.29, 0.717) is 11.4 Å². The van der Waals surface area contributed by atoms with E-state index in [1.54, 1.807) is 19.1 Å². The number of rotatable bonds is 5. The Morgan fingerprint density at radius 3 is 2.52 bits per heavy atom. The second kappa shape index (κ2) is 6.80. The number of benzene rings is 2. The molecule has 0 saturated carbocycles. The normalized spacial score (nSPS) is 12.5. The van der Waals surface area contributed by atoms with Crippen molar-refractivity contribution in [3.63, 3.8) is 0 Å². The molecule has 0 saturated heterocycles. The van der Waals surface area contributed by atoms with Crippen LogP contribution in [0, 0.1) is 6.92 Å². The van der Waals surface area contributed by atoms with Gasteiger partial charge in [-0.05, 0) is 49.7 Å². The zero-order chi connectivity index (χ0) is 17.0. The van der Waals surface area contributed by atoms with Crippen LogP contribution in [0.1, 0.15) is 12.5 Å². The number of sulfonamides is 1. The smallest absolute Gasteiger partial charge is 0.265 e. The quantitative estimate of drug-likeness (QED) is 0.874. The van der Waals surface area contributed by atoms with Crippen molar-refractivity contribution >= 4 is 21.6 Å². The van der Waals surface area contributed by atoms with Crippen molar-refractivity contribution < 1.29 is 17.9 Å². The number of hydrogen-bond acceptors (Lipinski definition) is 4. The Kier molecular flexibility index (Phi) is 5.02. The molecule has 0 unspecified atom stereocenters. The Morgan fingerprint density at radius 1 is 1.17 bits per heavy atom. The molecule has 122 valence electrons.